The van der Waals surface area contributed by atoms with Gasteiger partial charge >= 0.3 is 5.97 Å². The van der Waals surface area contributed by atoms with Crippen LogP contribution in [-0.4, -0.2) is 35.1 Å². The highest BCUT2D eigenvalue weighted by atomic mass is 16.4. The second-order valence-electron chi connectivity index (χ2n) is 10.7. The number of likely N-dealkylation sites (tertiary alicyclic amines) is 1. The van der Waals surface area contributed by atoms with Crippen LogP contribution in [0.2, 0.25) is 0 Å². The van der Waals surface area contributed by atoms with Crippen LogP contribution in [0.1, 0.15) is 125 Å². The molecule has 0 aromatic heterocycles. The Morgan fingerprint density at radius 3 is 1.93 bits per heavy atom. The zero-order valence-electron chi connectivity index (χ0n) is 19.7. The Hall–Kier alpha value is -0.570. The van der Waals surface area contributed by atoms with Crippen molar-refractivity contribution in [1.82, 2.24) is 4.90 Å². The monoisotopic (exact) mass is 395 g/mol. The van der Waals surface area contributed by atoms with E-state index in [1.165, 1.54) is 77.0 Å². The molecule has 1 heterocycles. The Bertz CT molecular complexity index is 424. The smallest absolute Gasteiger partial charge is 0.309 e. The largest absolute Gasteiger partial charge is 0.481 e. The molecule has 1 aliphatic rings. The van der Waals surface area contributed by atoms with Gasteiger partial charge < -0.3 is 10.0 Å². The van der Waals surface area contributed by atoms with Crippen LogP contribution in [0.4, 0.5) is 0 Å². The molecule has 0 bridgehead atoms. The van der Waals surface area contributed by atoms with Gasteiger partial charge in [0.15, 0.2) is 0 Å². The molecule has 1 N–H and O–H groups in total. The average molecular weight is 396 g/mol. The van der Waals surface area contributed by atoms with Crippen molar-refractivity contribution in [1.29, 1.82) is 0 Å². The number of hydrogen-bond acceptors (Lipinski definition) is 2. The number of rotatable bonds is 15. The molecule has 0 saturated carbocycles. The van der Waals surface area contributed by atoms with E-state index < -0.39 is 11.4 Å². The second-order valence-corrected chi connectivity index (χ2v) is 10.7. The molecule has 1 fully saturated rings. The van der Waals surface area contributed by atoms with E-state index in [1.807, 2.05) is 13.8 Å². The molecule has 0 radical (unpaired) electrons. The summed E-state index contributed by atoms with van der Waals surface area (Å²) in [5.41, 5.74) is -0.352. The Labute approximate surface area is 175 Å². The van der Waals surface area contributed by atoms with Crippen LogP contribution >= 0.6 is 0 Å². The van der Waals surface area contributed by atoms with Crippen molar-refractivity contribution in [2.75, 3.05) is 13.1 Å². The fourth-order valence-corrected chi connectivity index (χ4v) is 4.77. The van der Waals surface area contributed by atoms with Crippen molar-refractivity contribution in [3.8, 4) is 0 Å². The van der Waals surface area contributed by atoms with E-state index in [-0.39, 0.29) is 0 Å². The zero-order valence-corrected chi connectivity index (χ0v) is 19.7. The molecule has 28 heavy (non-hydrogen) atoms. The van der Waals surface area contributed by atoms with Gasteiger partial charge in [0.25, 0.3) is 0 Å². The van der Waals surface area contributed by atoms with Gasteiger partial charge in [-0.2, -0.15) is 0 Å². The summed E-state index contributed by atoms with van der Waals surface area (Å²) in [5, 5.41) is 9.65. The van der Waals surface area contributed by atoms with Gasteiger partial charge in [0.05, 0.1) is 5.41 Å². The molecule has 0 aromatic carbocycles. The van der Waals surface area contributed by atoms with Crippen molar-refractivity contribution < 1.29 is 9.90 Å². The van der Waals surface area contributed by atoms with Crippen LogP contribution in [0.25, 0.3) is 0 Å². The Morgan fingerprint density at radius 1 is 0.857 bits per heavy atom. The highest BCUT2D eigenvalue weighted by molar-refractivity contribution is 5.73. The van der Waals surface area contributed by atoms with E-state index in [9.17, 15) is 9.90 Å². The summed E-state index contributed by atoms with van der Waals surface area (Å²) in [6, 6.07) is 0.399. The van der Waals surface area contributed by atoms with Crippen LogP contribution in [0, 0.1) is 10.8 Å². The fraction of sp³-hybridized carbons (Fsp3) is 0.960. The number of hydrogen-bond donors (Lipinski definition) is 1. The van der Waals surface area contributed by atoms with Gasteiger partial charge in [-0.15, -0.1) is 0 Å². The first-order valence-corrected chi connectivity index (χ1v) is 12.2. The lowest BCUT2D eigenvalue weighted by atomic mass is 9.75. The first kappa shape index (κ1) is 25.5. The molecular weight excluding hydrogens is 346 g/mol. The van der Waals surface area contributed by atoms with Crippen LogP contribution in [-0.2, 0) is 4.79 Å². The maximum absolute atomic E-state index is 11.7. The van der Waals surface area contributed by atoms with Gasteiger partial charge in [-0.05, 0) is 64.5 Å². The van der Waals surface area contributed by atoms with Crippen molar-refractivity contribution in [2.24, 2.45) is 10.8 Å². The van der Waals surface area contributed by atoms with Crippen molar-refractivity contribution in [3.05, 3.63) is 0 Å². The molecule has 166 valence electrons. The minimum Gasteiger partial charge on any atom is -0.481 e. The lowest BCUT2D eigenvalue weighted by molar-refractivity contribution is -0.148. The lowest BCUT2D eigenvalue weighted by Gasteiger charge is -2.41. The minimum absolute atomic E-state index is 0.291. The summed E-state index contributed by atoms with van der Waals surface area (Å²) in [6.45, 7) is 13.2. The molecule has 0 aromatic rings. The predicted octanol–water partition coefficient (Wildman–Crippen LogP) is 7.29. The average Bonchev–Trinajstić information content (AvgIpc) is 2.63. The number of carboxylic acids is 1. The van der Waals surface area contributed by atoms with E-state index in [4.69, 9.17) is 0 Å². The quantitative estimate of drug-likeness (QED) is 0.296. The molecule has 1 unspecified atom stereocenters. The molecule has 1 atom stereocenters. The minimum atomic E-state index is -0.657. The second kappa shape index (κ2) is 12.9. The Morgan fingerprint density at radius 2 is 1.39 bits per heavy atom. The van der Waals surface area contributed by atoms with Crippen molar-refractivity contribution in [2.45, 2.75) is 131 Å². The van der Waals surface area contributed by atoms with Gasteiger partial charge in [-0.1, -0.05) is 78.6 Å². The van der Waals surface area contributed by atoms with E-state index in [2.05, 4.69) is 25.7 Å². The molecule has 1 saturated heterocycles. The summed E-state index contributed by atoms with van der Waals surface area (Å²) in [4.78, 5) is 14.3. The lowest BCUT2D eigenvalue weighted by Crippen LogP contribution is -2.45. The topological polar surface area (TPSA) is 40.5 Å². The summed E-state index contributed by atoms with van der Waals surface area (Å²) >= 11 is 0. The molecular formula is C25H49NO2. The Balaban J connectivity index is 2.49. The van der Waals surface area contributed by atoms with E-state index in [1.54, 1.807) is 0 Å². The number of unbranched alkanes of at least 4 members (excludes halogenated alkanes) is 7. The highest BCUT2D eigenvalue weighted by Gasteiger charge is 2.36. The normalized spacial score (nSPS) is 17.6. The van der Waals surface area contributed by atoms with E-state index in [0.29, 0.717) is 11.5 Å². The third kappa shape index (κ3) is 10.3. The molecule has 3 heteroatoms. The van der Waals surface area contributed by atoms with Crippen molar-refractivity contribution >= 4 is 5.97 Å². The molecule has 1 aliphatic heterocycles. The van der Waals surface area contributed by atoms with Gasteiger partial charge in [0.2, 0.25) is 0 Å². The molecule has 0 amide bonds. The summed E-state index contributed by atoms with van der Waals surface area (Å²) in [5.74, 6) is -0.657. The van der Waals surface area contributed by atoms with Crippen LogP contribution < -0.4 is 0 Å². The third-order valence-electron chi connectivity index (χ3n) is 6.73. The fourth-order valence-electron chi connectivity index (χ4n) is 4.77. The summed E-state index contributed by atoms with van der Waals surface area (Å²) in [6.07, 6.45) is 18.0. The summed E-state index contributed by atoms with van der Waals surface area (Å²) < 4.78 is 0. The SMILES string of the molecule is CCCCCCCCCCC(C)(C)CC(CC(C)(C)C(=O)O)N1CCCCC1. The summed E-state index contributed by atoms with van der Waals surface area (Å²) in [7, 11) is 0. The highest BCUT2D eigenvalue weighted by Crippen LogP contribution is 2.36. The molecule has 0 spiro atoms. The molecule has 1 rings (SSSR count). The number of carbonyl (C=O) groups is 1. The standard InChI is InChI=1S/C25H49NO2/c1-6-7-8-9-10-11-12-14-17-24(2,3)20-22(21-25(4,5)23(27)28)26-18-15-13-16-19-26/h22H,6-21H2,1-5H3,(H,27,28). The number of aliphatic carboxylic acids is 1. The molecule has 0 aliphatic carbocycles. The van der Waals surface area contributed by atoms with Crippen LogP contribution in [0.3, 0.4) is 0 Å². The first-order chi connectivity index (χ1) is 13.2. The molecule has 3 nitrogen and oxygen atoms in total. The van der Waals surface area contributed by atoms with Gasteiger partial charge in [0.1, 0.15) is 0 Å². The van der Waals surface area contributed by atoms with Gasteiger partial charge in [0, 0.05) is 6.04 Å². The third-order valence-corrected chi connectivity index (χ3v) is 6.73. The van der Waals surface area contributed by atoms with Crippen LogP contribution in [0.5, 0.6) is 0 Å². The van der Waals surface area contributed by atoms with Gasteiger partial charge in [-0.25, -0.2) is 0 Å². The maximum Gasteiger partial charge on any atom is 0.309 e. The zero-order chi connectivity index (χ0) is 21.0. The Kier molecular flexibility index (Phi) is 11.7. The van der Waals surface area contributed by atoms with Crippen molar-refractivity contribution in [3.63, 3.8) is 0 Å². The van der Waals surface area contributed by atoms with E-state index >= 15 is 0 Å². The number of nitrogens with zero attached hydrogens (tertiary/aromatic N) is 1. The van der Waals surface area contributed by atoms with Crippen LogP contribution in [0.15, 0.2) is 0 Å². The number of piperidine rings is 1. The predicted molar refractivity (Wildman–Crippen MR) is 121 cm³/mol. The maximum atomic E-state index is 11.7. The first-order valence-electron chi connectivity index (χ1n) is 12.2. The van der Waals surface area contributed by atoms with E-state index in [0.717, 1.165) is 25.9 Å². The van der Waals surface area contributed by atoms with Gasteiger partial charge in [-0.3, -0.25) is 4.79 Å². The number of carboxylic acid groups (broad SMARTS) is 1.